The SMILES string of the molecule is O=C(CCCCOc1ccc(I)cc1)NO. The number of nitrogens with one attached hydrogen (secondary N) is 1. The standard InChI is InChI=1S/C11H14INO3/c12-9-4-6-10(7-5-9)16-8-2-1-3-11(14)13-15/h4-7,15H,1-3,8H2,(H,13,14). The molecule has 0 unspecified atom stereocenters. The molecule has 0 radical (unpaired) electrons. The zero-order valence-corrected chi connectivity index (χ0v) is 10.9. The molecule has 0 heterocycles. The third-order valence-electron chi connectivity index (χ3n) is 2.01. The molecule has 0 atom stereocenters. The molecule has 16 heavy (non-hydrogen) atoms. The fourth-order valence-electron chi connectivity index (χ4n) is 1.16. The molecular weight excluding hydrogens is 321 g/mol. The van der Waals surface area contributed by atoms with Crippen molar-refractivity contribution in [1.82, 2.24) is 5.48 Å². The number of halogens is 1. The molecule has 0 fully saturated rings. The van der Waals surface area contributed by atoms with Crippen LogP contribution in [-0.4, -0.2) is 17.7 Å². The minimum atomic E-state index is -0.353. The highest BCUT2D eigenvalue weighted by Crippen LogP contribution is 2.13. The predicted octanol–water partition coefficient (Wildman–Crippen LogP) is 2.35. The number of carbonyl (C=O) groups is 1. The highest BCUT2D eigenvalue weighted by molar-refractivity contribution is 14.1. The van der Waals surface area contributed by atoms with Crippen LogP contribution in [-0.2, 0) is 4.79 Å². The van der Waals surface area contributed by atoms with Crippen molar-refractivity contribution in [2.75, 3.05) is 6.61 Å². The normalized spacial score (nSPS) is 9.88. The van der Waals surface area contributed by atoms with Gasteiger partial charge in [0.25, 0.3) is 0 Å². The van der Waals surface area contributed by atoms with E-state index in [9.17, 15) is 4.79 Å². The van der Waals surface area contributed by atoms with Crippen LogP contribution in [0, 0.1) is 3.57 Å². The average molecular weight is 335 g/mol. The number of amides is 1. The van der Waals surface area contributed by atoms with E-state index in [1.54, 1.807) is 5.48 Å². The van der Waals surface area contributed by atoms with Crippen LogP contribution in [0.1, 0.15) is 19.3 Å². The summed E-state index contributed by atoms with van der Waals surface area (Å²) in [6, 6.07) is 7.80. The van der Waals surface area contributed by atoms with E-state index in [1.165, 1.54) is 3.57 Å². The van der Waals surface area contributed by atoms with Crippen molar-refractivity contribution in [3.8, 4) is 5.75 Å². The Kier molecular flexibility index (Phi) is 6.17. The van der Waals surface area contributed by atoms with Crippen molar-refractivity contribution in [2.45, 2.75) is 19.3 Å². The lowest BCUT2D eigenvalue weighted by Crippen LogP contribution is -2.18. The largest absolute Gasteiger partial charge is 0.494 e. The van der Waals surface area contributed by atoms with Gasteiger partial charge < -0.3 is 4.74 Å². The Labute approximate surface area is 108 Å². The van der Waals surface area contributed by atoms with Crippen molar-refractivity contribution in [1.29, 1.82) is 0 Å². The molecule has 0 aliphatic carbocycles. The number of ether oxygens (including phenoxy) is 1. The summed E-state index contributed by atoms with van der Waals surface area (Å²) in [4.78, 5) is 10.7. The van der Waals surface area contributed by atoms with Gasteiger partial charge in [-0.1, -0.05) is 0 Å². The predicted molar refractivity (Wildman–Crippen MR) is 68.4 cm³/mol. The number of hydrogen-bond donors (Lipinski definition) is 2. The molecular formula is C11H14INO3. The molecule has 5 heteroatoms. The van der Waals surface area contributed by atoms with E-state index in [4.69, 9.17) is 9.94 Å². The van der Waals surface area contributed by atoms with E-state index in [2.05, 4.69) is 22.6 Å². The van der Waals surface area contributed by atoms with E-state index in [1.807, 2.05) is 24.3 Å². The Balaban J connectivity index is 2.11. The van der Waals surface area contributed by atoms with Gasteiger partial charge in [-0.15, -0.1) is 0 Å². The van der Waals surface area contributed by atoms with E-state index in [0.717, 1.165) is 12.2 Å². The molecule has 1 aromatic rings. The second-order valence-corrected chi connectivity index (χ2v) is 4.54. The first-order valence-corrected chi connectivity index (χ1v) is 6.11. The van der Waals surface area contributed by atoms with Crippen LogP contribution in [0.3, 0.4) is 0 Å². The molecule has 1 aromatic carbocycles. The quantitative estimate of drug-likeness (QED) is 0.363. The Bertz CT molecular complexity index is 327. The molecule has 0 aliphatic rings. The van der Waals surface area contributed by atoms with E-state index in [0.29, 0.717) is 19.4 Å². The topological polar surface area (TPSA) is 58.6 Å². The third-order valence-corrected chi connectivity index (χ3v) is 2.72. The number of rotatable bonds is 6. The molecule has 0 aliphatic heterocycles. The Hall–Kier alpha value is -0.820. The van der Waals surface area contributed by atoms with Crippen molar-refractivity contribution in [3.05, 3.63) is 27.8 Å². The van der Waals surface area contributed by atoms with Crippen molar-refractivity contribution in [2.24, 2.45) is 0 Å². The van der Waals surface area contributed by atoms with Crippen LogP contribution in [0.5, 0.6) is 5.75 Å². The Morgan fingerprint density at radius 1 is 1.31 bits per heavy atom. The van der Waals surface area contributed by atoms with Crippen molar-refractivity contribution in [3.63, 3.8) is 0 Å². The molecule has 0 bridgehead atoms. The number of carbonyl (C=O) groups excluding carboxylic acids is 1. The zero-order valence-electron chi connectivity index (χ0n) is 8.78. The van der Waals surface area contributed by atoms with Crippen LogP contribution in [0.2, 0.25) is 0 Å². The molecule has 0 aromatic heterocycles. The smallest absolute Gasteiger partial charge is 0.243 e. The summed E-state index contributed by atoms with van der Waals surface area (Å²) in [6.07, 6.45) is 1.82. The first-order valence-electron chi connectivity index (χ1n) is 5.03. The molecule has 2 N–H and O–H groups in total. The van der Waals surface area contributed by atoms with Crippen molar-refractivity contribution >= 4 is 28.5 Å². The van der Waals surface area contributed by atoms with E-state index in [-0.39, 0.29) is 5.91 Å². The minimum absolute atomic E-state index is 0.326. The first kappa shape index (κ1) is 13.2. The number of unbranched alkanes of at least 4 members (excludes halogenated alkanes) is 1. The van der Waals surface area contributed by atoms with Crippen molar-refractivity contribution < 1.29 is 14.7 Å². The molecule has 4 nitrogen and oxygen atoms in total. The maximum Gasteiger partial charge on any atom is 0.243 e. The second-order valence-electron chi connectivity index (χ2n) is 3.29. The summed E-state index contributed by atoms with van der Waals surface area (Å²) in [5.41, 5.74) is 1.60. The van der Waals surface area contributed by atoms with Gasteiger partial charge in [0.05, 0.1) is 6.61 Å². The van der Waals surface area contributed by atoms with Crippen LogP contribution in [0.15, 0.2) is 24.3 Å². The summed E-state index contributed by atoms with van der Waals surface area (Å²) >= 11 is 2.24. The zero-order chi connectivity index (χ0) is 11.8. The number of benzene rings is 1. The second kappa shape index (κ2) is 7.45. The maximum absolute atomic E-state index is 10.7. The highest BCUT2D eigenvalue weighted by Gasteiger charge is 1.98. The van der Waals surface area contributed by atoms with Crippen LogP contribution in [0.25, 0.3) is 0 Å². The maximum atomic E-state index is 10.7. The summed E-state index contributed by atoms with van der Waals surface area (Å²) in [5, 5.41) is 8.26. The van der Waals surface area contributed by atoms with Gasteiger partial charge in [0.15, 0.2) is 0 Å². The van der Waals surface area contributed by atoms with Crippen LogP contribution in [0.4, 0.5) is 0 Å². The number of hydrogen-bond acceptors (Lipinski definition) is 3. The lowest BCUT2D eigenvalue weighted by Gasteiger charge is -2.05. The lowest BCUT2D eigenvalue weighted by molar-refractivity contribution is -0.129. The van der Waals surface area contributed by atoms with Gasteiger partial charge in [0.1, 0.15) is 5.75 Å². The molecule has 0 spiro atoms. The number of hydroxylamine groups is 1. The average Bonchev–Trinajstić information content (AvgIpc) is 2.31. The minimum Gasteiger partial charge on any atom is -0.494 e. The summed E-state index contributed by atoms with van der Waals surface area (Å²) in [7, 11) is 0. The third kappa shape index (κ3) is 5.32. The summed E-state index contributed by atoms with van der Waals surface area (Å²) in [5.74, 6) is 0.487. The van der Waals surface area contributed by atoms with Gasteiger partial charge in [-0.3, -0.25) is 10.0 Å². The fourth-order valence-corrected chi connectivity index (χ4v) is 1.52. The van der Waals surface area contributed by atoms with Gasteiger partial charge in [0.2, 0.25) is 5.91 Å². The highest BCUT2D eigenvalue weighted by atomic mass is 127. The molecule has 0 saturated heterocycles. The summed E-state index contributed by atoms with van der Waals surface area (Å²) in [6.45, 7) is 0.583. The molecule has 0 saturated carbocycles. The van der Waals surface area contributed by atoms with Crippen LogP contribution >= 0.6 is 22.6 Å². The monoisotopic (exact) mass is 335 g/mol. The van der Waals surface area contributed by atoms with Gasteiger partial charge >= 0.3 is 0 Å². The fraction of sp³-hybridized carbons (Fsp3) is 0.364. The summed E-state index contributed by atoms with van der Waals surface area (Å²) < 4.78 is 6.65. The lowest BCUT2D eigenvalue weighted by atomic mass is 10.2. The van der Waals surface area contributed by atoms with Gasteiger partial charge in [-0.2, -0.15) is 0 Å². The first-order chi connectivity index (χ1) is 7.72. The van der Waals surface area contributed by atoms with Gasteiger partial charge in [-0.05, 0) is 59.7 Å². The van der Waals surface area contributed by atoms with E-state index < -0.39 is 0 Å². The van der Waals surface area contributed by atoms with E-state index >= 15 is 0 Å². The molecule has 1 rings (SSSR count). The Morgan fingerprint density at radius 3 is 2.62 bits per heavy atom. The van der Waals surface area contributed by atoms with Gasteiger partial charge in [0, 0.05) is 9.99 Å². The Morgan fingerprint density at radius 2 is 2.00 bits per heavy atom. The van der Waals surface area contributed by atoms with Gasteiger partial charge in [-0.25, -0.2) is 5.48 Å². The van der Waals surface area contributed by atoms with Crippen LogP contribution < -0.4 is 10.2 Å². The molecule has 1 amide bonds. The molecule has 88 valence electrons.